The molecule has 1 heterocycles. The number of aromatic amines is 1. The van der Waals surface area contributed by atoms with Gasteiger partial charge in [-0.1, -0.05) is 11.6 Å². The Kier molecular flexibility index (Phi) is 3.25. The van der Waals surface area contributed by atoms with E-state index in [0.29, 0.717) is 15.9 Å². The normalized spacial score (nSPS) is 10.4. The summed E-state index contributed by atoms with van der Waals surface area (Å²) in [5, 5.41) is 1.11. The van der Waals surface area contributed by atoms with Crippen LogP contribution in [0.2, 0.25) is 5.02 Å². The molecule has 1 N–H and O–H groups in total. The highest BCUT2D eigenvalue weighted by molar-refractivity contribution is 6.31. The summed E-state index contributed by atoms with van der Waals surface area (Å²) in [4.78, 5) is 26.9. The second kappa shape index (κ2) is 4.70. The third kappa shape index (κ3) is 2.46. The lowest BCUT2D eigenvalue weighted by Gasteiger charge is -2.12. The van der Waals surface area contributed by atoms with E-state index < -0.39 is 6.09 Å². The zero-order valence-electron chi connectivity index (χ0n) is 9.86. The number of hydrogen-bond donors (Lipinski definition) is 1. The lowest BCUT2D eigenvalue weighted by atomic mass is 10.2. The number of hydrogen-bond acceptors (Lipinski definition) is 3. The highest BCUT2D eigenvalue weighted by Crippen LogP contribution is 2.25. The molecule has 1 amide bonds. The van der Waals surface area contributed by atoms with Crippen LogP contribution < -0.4 is 10.3 Å². The molecular weight excluding hydrogens is 256 g/mol. The van der Waals surface area contributed by atoms with Crippen molar-refractivity contribution in [1.82, 2.24) is 9.88 Å². The molecule has 0 fully saturated rings. The Morgan fingerprint density at radius 1 is 1.33 bits per heavy atom. The van der Waals surface area contributed by atoms with E-state index in [9.17, 15) is 9.59 Å². The lowest BCUT2D eigenvalue weighted by molar-refractivity contribution is 0.172. The van der Waals surface area contributed by atoms with E-state index >= 15 is 0 Å². The molecule has 2 aromatic rings. The minimum Gasteiger partial charge on any atom is -0.409 e. The van der Waals surface area contributed by atoms with E-state index in [0.717, 1.165) is 0 Å². The number of rotatable bonds is 1. The van der Waals surface area contributed by atoms with Crippen molar-refractivity contribution in [3.05, 3.63) is 39.6 Å². The van der Waals surface area contributed by atoms with E-state index in [2.05, 4.69) is 4.98 Å². The molecule has 0 aliphatic carbocycles. The Bertz CT molecular complexity index is 664. The third-order valence-corrected chi connectivity index (χ3v) is 2.56. The molecule has 0 unspecified atom stereocenters. The first-order chi connectivity index (χ1) is 8.47. The van der Waals surface area contributed by atoms with Gasteiger partial charge in [0, 0.05) is 30.6 Å². The highest BCUT2D eigenvalue weighted by Gasteiger charge is 2.11. The number of nitrogens with zero attached hydrogens (tertiary/aromatic N) is 1. The van der Waals surface area contributed by atoms with E-state index in [-0.39, 0.29) is 11.3 Å². The van der Waals surface area contributed by atoms with E-state index in [1.807, 2.05) is 0 Å². The molecular formula is C12H11ClN2O3. The van der Waals surface area contributed by atoms with Gasteiger partial charge in [-0.25, -0.2) is 4.79 Å². The van der Waals surface area contributed by atoms with Crippen LogP contribution in [0.5, 0.6) is 5.75 Å². The second-order valence-corrected chi connectivity index (χ2v) is 4.39. The molecule has 1 aromatic carbocycles. The monoisotopic (exact) mass is 266 g/mol. The molecule has 18 heavy (non-hydrogen) atoms. The molecule has 0 radical (unpaired) electrons. The first kappa shape index (κ1) is 12.4. The van der Waals surface area contributed by atoms with Gasteiger partial charge in [0.15, 0.2) is 0 Å². The van der Waals surface area contributed by atoms with Crippen LogP contribution in [0.1, 0.15) is 0 Å². The molecule has 0 saturated heterocycles. The number of ether oxygens (including phenoxy) is 1. The van der Waals surface area contributed by atoms with Crippen LogP contribution in [-0.2, 0) is 0 Å². The number of benzene rings is 1. The predicted molar refractivity (Wildman–Crippen MR) is 69.3 cm³/mol. The molecule has 0 aliphatic rings. The van der Waals surface area contributed by atoms with Gasteiger partial charge in [0.1, 0.15) is 5.75 Å². The number of carbonyl (C=O) groups excluding carboxylic acids is 1. The van der Waals surface area contributed by atoms with Crippen LogP contribution in [0.15, 0.2) is 29.1 Å². The standard InChI is InChI=1S/C12H11ClN2O3/c1-15(2)12(17)18-10-6-11(16)14-9-5-7(13)3-4-8(9)10/h3-6H,1-2H3,(H,14,16). The van der Waals surface area contributed by atoms with E-state index in [1.165, 1.54) is 11.0 Å². The van der Waals surface area contributed by atoms with E-state index in [4.69, 9.17) is 16.3 Å². The van der Waals surface area contributed by atoms with Crippen molar-refractivity contribution in [3.63, 3.8) is 0 Å². The Hall–Kier alpha value is -2.01. The molecule has 0 spiro atoms. The average Bonchev–Trinajstić information content (AvgIpc) is 2.27. The fourth-order valence-corrected chi connectivity index (χ4v) is 1.64. The summed E-state index contributed by atoms with van der Waals surface area (Å²) in [6, 6.07) is 6.18. The van der Waals surface area contributed by atoms with Crippen LogP contribution in [0.25, 0.3) is 10.9 Å². The quantitative estimate of drug-likeness (QED) is 0.861. The SMILES string of the molecule is CN(C)C(=O)Oc1cc(=O)[nH]c2cc(Cl)ccc12. The van der Waals surface area contributed by atoms with Crippen molar-refractivity contribution in [3.8, 4) is 5.75 Å². The largest absolute Gasteiger partial charge is 0.414 e. The zero-order valence-corrected chi connectivity index (χ0v) is 10.6. The molecule has 0 atom stereocenters. The minimum atomic E-state index is -0.545. The van der Waals surface area contributed by atoms with Gasteiger partial charge < -0.3 is 14.6 Å². The van der Waals surface area contributed by atoms with Gasteiger partial charge >= 0.3 is 6.09 Å². The summed E-state index contributed by atoms with van der Waals surface area (Å²) in [7, 11) is 3.13. The number of fused-ring (bicyclic) bond motifs is 1. The average molecular weight is 267 g/mol. The maximum Gasteiger partial charge on any atom is 0.414 e. The molecule has 5 nitrogen and oxygen atoms in total. The topological polar surface area (TPSA) is 62.4 Å². The third-order valence-electron chi connectivity index (χ3n) is 2.33. The minimum absolute atomic E-state index is 0.212. The summed E-state index contributed by atoms with van der Waals surface area (Å²) in [5.41, 5.74) is 0.169. The number of H-pyrrole nitrogens is 1. The number of amides is 1. The van der Waals surface area contributed by atoms with Crippen LogP contribution in [0.4, 0.5) is 4.79 Å². The first-order valence-corrected chi connectivity index (χ1v) is 5.57. The summed E-state index contributed by atoms with van der Waals surface area (Å²) in [6.07, 6.45) is -0.545. The molecule has 2 rings (SSSR count). The van der Waals surface area contributed by atoms with Crippen LogP contribution >= 0.6 is 11.6 Å². The smallest absolute Gasteiger partial charge is 0.409 e. The molecule has 0 saturated carbocycles. The lowest BCUT2D eigenvalue weighted by Crippen LogP contribution is -2.25. The van der Waals surface area contributed by atoms with Gasteiger partial charge in [0.05, 0.1) is 5.52 Å². The maximum atomic E-state index is 11.5. The summed E-state index contributed by atoms with van der Waals surface area (Å²) < 4.78 is 5.13. The van der Waals surface area contributed by atoms with Crippen LogP contribution in [0.3, 0.4) is 0 Å². The van der Waals surface area contributed by atoms with Crippen molar-refractivity contribution in [2.75, 3.05) is 14.1 Å². The van der Waals surface area contributed by atoms with Gasteiger partial charge in [-0.15, -0.1) is 0 Å². The van der Waals surface area contributed by atoms with E-state index in [1.54, 1.807) is 32.3 Å². The number of nitrogens with one attached hydrogen (secondary N) is 1. The number of aromatic nitrogens is 1. The Balaban J connectivity index is 2.56. The molecule has 0 bridgehead atoms. The van der Waals surface area contributed by atoms with Gasteiger partial charge in [0.25, 0.3) is 5.56 Å². The molecule has 94 valence electrons. The number of carbonyl (C=O) groups is 1. The van der Waals surface area contributed by atoms with Crippen molar-refractivity contribution in [2.45, 2.75) is 0 Å². The highest BCUT2D eigenvalue weighted by atomic mass is 35.5. The fraction of sp³-hybridized carbons (Fsp3) is 0.167. The Morgan fingerprint density at radius 3 is 2.72 bits per heavy atom. The number of pyridine rings is 1. The van der Waals surface area contributed by atoms with Crippen molar-refractivity contribution < 1.29 is 9.53 Å². The summed E-state index contributed by atoms with van der Waals surface area (Å²) in [6.45, 7) is 0. The second-order valence-electron chi connectivity index (χ2n) is 3.95. The maximum absolute atomic E-state index is 11.5. The molecule has 1 aromatic heterocycles. The predicted octanol–water partition coefficient (Wildman–Crippen LogP) is 2.24. The van der Waals surface area contributed by atoms with Gasteiger partial charge in [-0.2, -0.15) is 0 Å². The molecule has 6 heteroatoms. The van der Waals surface area contributed by atoms with Gasteiger partial charge in [0.2, 0.25) is 0 Å². The van der Waals surface area contributed by atoms with Crippen LogP contribution in [0, 0.1) is 0 Å². The number of halogens is 1. The first-order valence-electron chi connectivity index (χ1n) is 5.19. The van der Waals surface area contributed by atoms with Gasteiger partial charge in [-0.05, 0) is 18.2 Å². The van der Waals surface area contributed by atoms with Crippen LogP contribution in [-0.4, -0.2) is 30.1 Å². The summed E-state index contributed by atoms with van der Waals surface area (Å²) in [5.74, 6) is 0.212. The summed E-state index contributed by atoms with van der Waals surface area (Å²) >= 11 is 5.84. The van der Waals surface area contributed by atoms with Gasteiger partial charge in [-0.3, -0.25) is 4.79 Å². The fourth-order valence-electron chi connectivity index (χ4n) is 1.47. The Labute approximate surface area is 108 Å². The van der Waals surface area contributed by atoms with Crippen molar-refractivity contribution in [1.29, 1.82) is 0 Å². The van der Waals surface area contributed by atoms with Crippen molar-refractivity contribution >= 4 is 28.6 Å². The molecule has 0 aliphatic heterocycles. The van der Waals surface area contributed by atoms with Crippen molar-refractivity contribution in [2.24, 2.45) is 0 Å². The Morgan fingerprint density at radius 2 is 2.06 bits per heavy atom. The zero-order chi connectivity index (χ0) is 13.3.